The van der Waals surface area contributed by atoms with E-state index < -0.39 is 0 Å². The van der Waals surface area contributed by atoms with Crippen LogP contribution in [0, 0.1) is 0 Å². The molecule has 3 aromatic rings. The number of rotatable bonds is 5. The summed E-state index contributed by atoms with van der Waals surface area (Å²) >= 11 is 0. The molecule has 2 aromatic heterocycles. The van der Waals surface area contributed by atoms with Crippen LogP contribution in [0.15, 0.2) is 47.8 Å². The largest absolute Gasteiger partial charge is 0.367 e. The number of aromatic nitrogens is 4. The number of hydrogen-bond donors (Lipinski definition) is 2. The van der Waals surface area contributed by atoms with Crippen LogP contribution in [0.4, 0.5) is 11.5 Å². The summed E-state index contributed by atoms with van der Waals surface area (Å²) < 4.78 is 1.75. The van der Waals surface area contributed by atoms with E-state index in [1.807, 2.05) is 25.2 Å². The zero-order valence-electron chi connectivity index (χ0n) is 16.6. The first kappa shape index (κ1) is 21.3. The summed E-state index contributed by atoms with van der Waals surface area (Å²) in [4.78, 5) is 15.8. The van der Waals surface area contributed by atoms with Gasteiger partial charge in [0.2, 0.25) is 0 Å². The van der Waals surface area contributed by atoms with E-state index in [1.165, 1.54) is 19.3 Å². The van der Waals surface area contributed by atoms with Crippen molar-refractivity contribution in [3.05, 3.63) is 42.9 Å². The number of benzene rings is 1. The van der Waals surface area contributed by atoms with E-state index in [-0.39, 0.29) is 24.0 Å². The Kier molecular flexibility index (Phi) is 7.62. The Morgan fingerprint density at radius 1 is 1.10 bits per heavy atom. The van der Waals surface area contributed by atoms with Crippen LogP contribution in [0.25, 0.3) is 11.0 Å². The van der Waals surface area contributed by atoms with Crippen molar-refractivity contribution in [2.75, 3.05) is 36.8 Å². The van der Waals surface area contributed by atoms with Crippen molar-refractivity contribution < 1.29 is 0 Å². The molecule has 8 nitrogen and oxygen atoms in total. The van der Waals surface area contributed by atoms with Gasteiger partial charge < -0.3 is 15.5 Å². The topological polar surface area (TPSA) is 83.3 Å². The van der Waals surface area contributed by atoms with Gasteiger partial charge in [-0.2, -0.15) is 5.10 Å². The van der Waals surface area contributed by atoms with Gasteiger partial charge in [-0.3, -0.25) is 9.67 Å². The van der Waals surface area contributed by atoms with E-state index in [0.717, 1.165) is 41.6 Å². The third kappa shape index (κ3) is 5.34. The normalized spacial score (nSPS) is 14.5. The standard InChI is InChI=1S/C20H26N8.HI/c1-27-19-17(14-25-27)18(23-15-24-19)21-10-11-22-20(28-12-6-3-7-13-28)26-16-8-4-2-5-9-16;/h2,4-5,8-9,14-15H,3,6-7,10-13H2,1H3,(H,22,26)(H,21,23,24);1H. The molecule has 0 aliphatic carbocycles. The molecule has 0 amide bonds. The average Bonchev–Trinajstić information content (AvgIpc) is 3.13. The molecule has 154 valence electrons. The van der Waals surface area contributed by atoms with Crippen LogP contribution in [-0.2, 0) is 7.05 Å². The molecule has 4 rings (SSSR count). The summed E-state index contributed by atoms with van der Waals surface area (Å²) in [6.45, 7) is 3.44. The fourth-order valence-electron chi connectivity index (χ4n) is 3.41. The SMILES string of the molecule is Cn1ncc2c(NCCN=C(Nc3ccccc3)N3CCCCC3)ncnc21.I. The summed E-state index contributed by atoms with van der Waals surface area (Å²) in [7, 11) is 1.88. The van der Waals surface area contributed by atoms with Gasteiger partial charge in [0.05, 0.1) is 18.1 Å². The molecule has 2 N–H and O–H groups in total. The minimum absolute atomic E-state index is 0. The molecule has 0 spiro atoms. The van der Waals surface area contributed by atoms with Gasteiger partial charge in [-0.15, -0.1) is 24.0 Å². The van der Waals surface area contributed by atoms with Gasteiger partial charge >= 0.3 is 0 Å². The third-order valence-corrected chi connectivity index (χ3v) is 4.88. The van der Waals surface area contributed by atoms with Crippen molar-refractivity contribution in [3.8, 4) is 0 Å². The lowest BCUT2D eigenvalue weighted by molar-refractivity contribution is 0.340. The molecule has 0 atom stereocenters. The molecule has 1 saturated heterocycles. The number of likely N-dealkylation sites (tertiary alicyclic amines) is 1. The smallest absolute Gasteiger partial charge is 0.198 e. The molecule has 3 heterocycles. The number of fused-ring (bicyclic) bond motifs is 1. The van der Waals surface area contributed by atoms with Gasteiger partial charge in [0.25, 0.3) is 0 Å². The third-order valence-electron chi connectivity index (χ3n) is 4.88. The van der Waals surface area contributed by atoms with E-state index >= 15 is 0 Å². The van der Waals surface area contributed by atoms with E-state index in [9.17, 15) is 0 Å². The zero-order valence-corrected chi connectivity index (χ0v) is 18.9. The highest BCUT2D eigenvalue weighted by Crippen LogP contribution is 2.17. The number of aliphatic imine (C=N–C) groups is 1. The van der Waals surface area contributed by atoms with Crippen molar-refractivity contribution in [2.24, 2.45) is 12.0 Å². The van der Waals surface area contributed by atoms with E-state index in [4.69, 9.17) is 4.99 Å². The van der Waals surface area contributed by atoms with Crippen LogP contribution in [0.1, 0.15) is 19.3 Å². The number of nitrogens with one attached hydrogen (secondary N) is 2. The highest BCUT2D eigenvalue weighted by Gasteiger charge is 2.15. The first-order chi connectivity index (χ1) is 13.8. The number of halogens is 1. The monoisotopic (exact) mass is 506 g/mol. The summed E-state index contributed by atoms with van der Waals surface area (Å²) in [5.41, 5.74) is 1.88. The summed E-state index contributed by atoms with van der Waals surface area (Å²) in [6.07, 6.45) is 7.08. The molecule has 0 bridgehead atoms. The molecule has 1 aromatic carbocycles. The Labute approximate surface area is 187 Å². The molecule has 9 heteroatoms. The molecular weight excluding hydrogens is 479 g/mol. The maximum atomic E-state index is 4.85. The lowest BCUT2D eigenvalue weighted by Crippen LogP contribution is -2.40. The molecule has 1 aliphatic rings. The molecule has 1 fully saturated rings. The van der Waals surface area contributed by atoms with Crippen LogP contribution in [0.2, 0.25) is 0 Å². The summed E-state index contributed by atoms with van der Waals surface area (Å²) in [6, 6.07) is 10.2. The fraction of sp³-hybridized carbons (Fsp3) is 0.400. The van der Waals surface area contributed by atoms with Crippen molar-refractivity contribution in [2.45, 2.75) is 19.3 Å². The number of piperidine rings is 1. The fourth-order valence-corrected chi connectivity index (χ4v) is 3.41. The number of para-hydroxylation sites is 1. The van der Waals surface area contributed by atoms with Gasteiger partial charge in [0.15, 0.2) is 11.6 Å². The van der Waals surface area contributed by atoms with E-state index in [0.29, 0.717) is 13.1 Å². The maximum absolute atomic E-state index is 4.85. The number of nitrogens with zero attached hydrogens (tertiary/aromatic N) is 6. The molecule has 0 unspecified atom stereocenters. The second-order valence-electron chi connectivity index (χ2n) is 6.90. The highest BCUT2D eigenvalue weighted by molar-refractivity contribution is 14.0. The zero-order chi connectivity index (χ0) is 19.2. The minimum Gasteiger partial charge on any atom is -0.367 e. The Bertz CT molecular complexity index is 934. The van der Waals surface area contributed by atoms with Crippen LogP contribution < -0.4 is 10.6 Å². The predicted molar refractivity (Wildman–Crippen MR) is 128 cm³/mol. The Morgan fingerprint density at radius 3 is 2.69 bits per heavy atom. The summed E-state index contributed by atoms with van der Waals surface area (Å²) in [5.74, 6) is 1.74. The van der Waals surface area contributed by atoms with Crippen molar-refractivity contribution >= 4 is 52.5 Å². The van der Waals surface area contributed by atoms with Crippen molar-refractivity contribution in [3.63, 3.8) is 0 Å². The molecule has 1 aliphatic heterocycles. The lowest BCUT2D eigenvalue weighted by Gasteiger charge is -2.30. The number of hydrogen-bond acceptors (Lipinski definition) is 5. The van der Waals surface area contributed by atoms with Crippen molar-refractivity contribution in [1.82, 2.24) is 24.6 Å². The van der Waals surface area contributed by atoms with Crippen LogP contribution in [0.5, 0.6) is 0 Å². The maximum Gasteiger partial charge on any atom is 0.198 e. The second-order valence-corrected chi connectivity index (χ2v) is 6.90. The van der Waals surface area contributed by atoms with Gasteiger partial charge in [-0.1, -0.05) is 18.2 Å². The Balaban J connectivity index is 0.00000240. The lowest BCUT2D eigenvalue weighted by atomic mass is 10.1. The average molecular weight is 506 g/mol. The quantitative estimate of drug-likeness (QED) is 0.239. The van der Waals surface area contributed by atoms with E-state index in [2.05, 4.69) is 42.7 Å². The molecule has 0 radical (unpaired) electrons. The van der Waals surface area contributed by atoms with Gasteiger partial charge in [0, 0.05) is 32.4 Å². The highest BCUT2D eigenvalue weighted by atomic mass is 127. The summed E-state index contributed by atoms with van der Waals surface area (Å²) in [5, 5.41) is 12.0. The van der Waals surface area contributed by atoms with Crippen LogP contribution in [-0.4, -0.2) is 56.8 Å². The predicted octanol–water partition coefficient (Wildman–Crippen LogP) is 3.35. The Hall–Kier alpha value is -2.43. The second kappa shape index (κ2) is 10.4. The minimum atomic E-state index is 0. The van der Waals surface area contributed by atoms with Crippen LogP contribution in [0.3, 0.4) is 0 Å². The molecule has 29 heavy (non-hydrogen) atoms. The number of anilines is 2. The van der Waals surface area contributed by atoms with Gasteiger partial charge in [0.1, 0.15) is 12.1 Å². The Morgan fingerprint density at radius 2 is 1.90 bits per heavy atom. The first-order valence-corrected chi connectivity index (χ1v) is 9.79. The number of guanidine groups is 1. The van der Waals surface area contributed by atoms with E-state index in [1.54, 1.807) is 17.2 Å². The number of aryl methyl sites for hydroxylation is 1. The first-order valence-electron chi connectivity index (χ1n) is 9.79. The van der Waals surface area contributed by atoms with Gasteiger partial charge in [-0.05, 0) is 31.4 Å². The van der Waals surface area contributed by atoms with Gasteiger partial charge in [-0.25, -0.2) is 9.97 Å². The van der Waals surface area contributed by atoms with Crippen molar-refractivity contribution in [1.29, 1.82) is 0 Å². The molecule has 0 saturated carbocycles. The molecular formula is C20H27IN8. The van der Waals surface area contributed by atoms with Crippen LogP contribution >= 0.6 is 24.0 Å².